The van der Waals surface area contributed by atoms with E-state index in [2.05, 4.69) is 4.99 Å². The number of aryl methyl sites for hydroxylation is 1. The van der Waals surface area contributed by atoms with Gasteiger partial charge in [0.05, 0.1) is 0 Å². The molecule has 5 nitrogen and oxygen atoms in total. The molecule has 0 bridgehead atoms. The van der Waals surface area contributed by atoms with E-state index < -0.39 is 5.97 Å². The Morgan fingerprint density at radius 3 is 2.83 bits per heavy atom. The lowest BCUT2D eigenvalue weighted by atomic mass is 10.1. The summed E-state index contributed by atoms with van der Waals surface area (Å²) >= 11 is 0. The van der Waals surface area contributed by atoms with E-state index >= 15 is 0 Å². The minimum absolute atomic E-state index is 0.198. The van der Waals surface area contributed by atoms with Gasteiger partial charge >= 0.3 is 5.97 Å². The van der Waals surface area contributed by atoms with Crippen LogP contribution in [0, 0.1) is 6.92 Å². The molecule has 0 atom stereocenters. The van der Waals surface area contributed by atoms with Crippen LogP contribution in [0.2, 0.25) is 0 Å². The molecular weight excluding hydrogens is 294 g/mol. The Kier molecular flexibility index (Phi) is 3.12. The monoisotopic (exact) mass is 307 g/mol. The van der Waals surface area contributed by atoms with E-state index in [9.17, 15) is 4.79 Å². The largest absolute Gasteiger partial charge is 0.454 e. The van der Waals surface area contributed by atoms with Crippen LogP contribution in [0.15, 0.2) is 53.2 Å². The number of ether oxygens (including phenoxy) is 3. The molecule has 0 aliphatic carbocycles. The van der Waals surface area contributed by atoms with Crippen molar-refractivity contribution in [1.29, 1.82) is 0 Å². The fourth-order valence-corrected chi connectivity index (χ4v) is 2.48. The number of hydrogen-bond acceptors (Lipinski definition) is 5. The average Bonchev–Trinajstić information content (AvgIpc) is 3.14. The molecule has 2 aliphatic rings. The molecule has 0 aromatic heterocycles. The first-order valence-corrected chi connectivity index (χ1v) is 7.18. The summed E-state index contributed by atoms with van der Waals surface area (Å²) in [5.41, 5.74) is 2.98. The molecule has 23 heavy (non-hydrogen) atoms. The lowest BCUT2D eigenvalue weighted by molar-refractivity contribution is -0.129. The smallest absolute Gasteiger partial charge is 0.363 e. The maximum absolute atomic E-state index is 12.0. The van der Waals surface area contributed by atoms with Gasteiger partial charge in [0.1, 0.15) is 0 Å². The number of fused-ring (bicyclic) bond motifs is 1. The zero-order chi connectivity index (χ0) is 15.8. The van der Waals surface area contributed by atoms with Gasteiger partial charge in [-0.25, -0.2) is 9.79 Å². The van der Waals surface area contributed by atoms with Gasteiger partial charge in [-0.3, -0.25) is 0 Å². The van der Waals surface area contributed by atoms with Crippen molar-refractivity contribution in [1.82, 2.24) is 0 Å². The highest BCUT2D eigenvalue weighted by molar-refractivity contribution is 6.13. The Balaban J connectivity index is 1.67. The van der Waals surface area contributed by atoms with Crippen LogP contribution in [0.4, 0.5) is 0 Å². The van der Waals surface area contributed by atoms with Crippen molar-refractivity contribution in [2.24, 2.45) is 4.99 Å². The molecule has 0 fully saturated rings. The highest BCUT2D eigenvalue weighted by Gasteiger charge is 2.25. The van der Waals surface area contributed by atoms with Gasteiger partial charge in [-0.2, -0.15) is 0 Å². The molecule has 2 aromatic rings. The van der Waals surface area contributed by atoms with E-state index in [1.54, 1.807) is 24.3 Å². The SMILES string of the molecule is Cc1cccc(/C=C2/N=C(c3ccc4c(c3)OCO4)OC2=O)c1. The maximum Gasteiger partial charge on any atom is 0.363 e. The van der Waals surface area contributed by atoms with Crippen molar-refractivity contribution < 1.29 is 19.0 Å². The Morgan fingerprint density at radius 1 is 1.09 bits per heavy atom. The first-order chi connectivity index (χ1) is 11.2. The van der Waals surface area contributed by atoms with Gasteiger partial charge in [0.15, 0.2) is 17.2 Å². The Labute approximate surface area is 132 Å². The topological polar surface area (TPSA) is 57.1 Å². The van der Waals surface area contributed by atoms with Gasteiger partial charge in [0.2, 0.25) is 12.7 Å². The minimum atomic E-state index is -0.459. The Hall–Kier alpha value is -3.08. The van der Waals surface area contributed by atoms with E-state index in [0.29, 0.717) is 17.1 Å². The van der Waals surface area contributed by atoms with Crippen LogP contribution < -0.4 is 9.47 Å². The number of carbonyl (C=O) groups excluding carboxylic acids is 1. The molecule has 2 aromatic carbocycles. The summed E-state index contributed by atoms with van der Waals surface area (Å²) in [6.07, 6.45) is 1.72. The third-order valence-electron chi connectivity index (χ3n) is 3.59. The summed E-state index contributed by atoms with van der Waals surface area (Å²) in [7, 11) is 0. The number of cyclic esters (lactones) is 1. The van der Waals surface area contributed by atoms with Gasteiger partial charge in [0, 0.05) is 5.56 Å². The van der Waals surface area contributed by atoms with Crippen LogP contribution in [-0.4, -0.2) is 18.7 Å². The molecule has 2 aliphatic heterocycles. The van der Waals surface area contributed by atoms with Crippen molar-refractivity contribution in [3.05, 3.63) is 64.9 Å². The molecule has 0 radical (unpaired) electrons. The number of carbonyl (C=O) groups is 1. The Bertz CT molecular complexity index is 867. The molecule has 5 heteroatoms. The van der Waals surface area contributed by atoms with Gasteiger partial charge in [0.25, 0.3) is 0 Å². The fraction of sp³-hybridized carbons (Fsp3) is 0.111. The normalized spacial score (nSPS) is 17.3. The van der Waals surface area contributed by atoms with Crippen molar-refractivity contribution in [3.8, 4) is 11.5 Å². The highest BCUT2D eigenvalue weighted by Crippen LogP contribution is 2.33. The summed E-state index contributed by atoms with van der Waals surface area (Å²) < 4.78 is 15.9. The summed E-state index contributed by atoms with van der Waals surface area (Å²) in [5.74, 6) is 1.11. The van der Waals surface area contributed by atoms with Crippen molar-refractivity contribution in [2.75, 3.05) is 6.79 Å². The second-order valence-electron chi connectivity index (χ2n) is 5.32. The highest BCUT2D eigenvalue weighted by atomic mass is 16.7. The number of nitrogens with zero attached hydrogens (tertiary/aromatic N) is 1. The minimum Gasteiger partial charge on any atom is -0.454 e. The molecular formula is C18H13NO4. The molecule has 4 rings (SSSR count). The Morgan fingerprint density at radius 2 is 1.96 bits per heavy atom. The lowest BCUT2D eigenvalue weighted by Gasteiger charge is -2.01. The molecule has 0 saturated carbocycles. The molecule has 0 amide bonds. The molecule has 114 valence electrons. The number of benzene rings is 2. The quantitative estimate of drug-likeness (QED) is 0.632. The number of rotatable bonds is 2. The fourth-order valence-electron chi connectivity index (χ4n) is 2.48. The van der Waals surface area contributed by atoms with Crippen LogP contribution in [0.25, 0.3) is 6.08 Å². The van der Waals surface area contributed by atoms with E-state index in [0.717, 1.165) is 11.1 Å². The van der Waals surface area contributed by atoms with Gasteiger partial charge in [-0.05, 0) is 36.8 Å². The average molecular weight is 307 g/mol. The molecule has 0 spiro atoms. The van der Waals surface area contributed by atoms with Gasteiger partial charge in [-0.15, -0.1) is 0 Å². The molecule has 2 heterocycles. The molecule has 0 N–H and O–H groups in total. The first-order valence-electron chi connectivity index (χ1n) is 7.18. The van der Waals surface area contributed by atoms with Crippen molar-refractivity contribution in [3.63, 3.8) is 0 Å². The van der Waals surface area contributed by atoms with Crippen LogP contribution >= 0.6 is 0 Å². The van der Waals surface area contributed by atoms with Crippen LogP contribution in [0.1, 0.15) is 16.7 Å². The maximum atomic E-state index is 12.0. The van der Waals surface area contributed by atoms with E-state index in [4.69, 9.17) is 14.2 Å². The van der Waals surface area contributed by atoms with E-state index in [1.807, 2.05) is 31.2 Å². The molecule has 0 unspecified atom stereocenters. The zero-order valence-electron chi connectivity index (χ0n) is 12.4. The van der Waals surface area contributed by atoms with Crippen LogP contribution in [0.5, 0.6) is 11.5 Å². The third kappa shape index (κ3) is 2.57. The standard InChI is InChI=1S/C18H13NO4/c1-11-3-2-4-12(7-11)8-14-18(20)23-17(19-14)13-5-6-15-16(9-13)22-10-21-15/h2-9H,10H2,1H3/b14-8+. The molecule has 0 saturated heterocycles. The second kappa shape index (κ2) is 5.28. The third-order valence-corrected chi connectivity index (χ3v) is 3.59. The van der Waals surface area contributed by atoms with Crippen LogP contribution in [-0.2, 0) is 9.53 Å². The number of hydrogen-bond donors (Lipinski definition) is 0. The summed E-state index contributed by atoms with van der Waals surface area (Å²) in [4.78, 5) is 16.3. The van der Waals surface area contributed by atoms with Gasteiger partial charge < -0.3 is 14.2 Å². The van der Waals surface area contributed by atoms with E-state index in [1.165, 1.54) is 0 Å². The first kappa shape index (κ1) is 13.6. The summed E-state index contributed by atoms with van der Waals surface area (Å²) in [6, 6.07) is 13.1. The van der Waals surface area contributed by atoms with Gasteiger partial charge in [-0.1, -0.05) is 29.8 Å². The van der Waals surface area contributed by atoms with Crippen molar-refractivity contribution >= 4 is 17.9 Å². The summed E-state index contributed by atoms with van der Waals surface area (Å²) in [5, 5.41) is 0. The van der Waals surface area contributed by atoms with Crippen molar-refractivity contribution in [2.45, 2.75) is 6.92 Å². The predicted molar refractivity (Wildman–Crippen MR) is 84.4 cm³/mol. The summed E-state index contributed by atoms with van der Waals surface area (Å²) in [6.45, 7) is 2.19. The van der Waals surface area contributed by atoms with E-state index in [-0.39, 0.29) is 18.4 Å². The lowest BCUT2D eigenvalue weighted by Crippen LogP contribution is -2.05. The number of esters is 1. The zero-order valence-corrected chi connectivity index (χ0v) is 12.4. The van der Waals surface area contributed by atoms with Crippen LogP contribution in [0.3, 0.4) is 0 Å². The number of aliphatic imine (C=N–C) groups is 1. The second-order valence-corrected chi connectivity index (χ2v) is 5.32. The predicted octanol–water partition coefficient (Wildman–Crippen LogP) is 3.07.